The molecule has 0 saturated carbocycles. The second-order valence-electron chi connectivity index (χ2n) is 9.60. The van der Waals surface area contributed by atoms with Crippen LogP contribution < -0.4 is 14.5 Å². The van der Waals surface area contributed by atoms with Crippen LogP contribution in [0, 0.1) is 6.92 Å². The first-order chi connectivity index (χ1) is 18.9. The average Bonchev–Trinajstić information content (AvgIpc) is 2.97. The fourth-order valence-electron chi connectivity index (χ4n) is 4.90. The molecule has 2 aromatic carbocycles. The normalized spacial score (nSPS) is 13.7. The quantitative estimate of drug-likeness (QED) is 0.341. The highest BCUT2D eigenvalue weighted by Crippen LogP contribution is 2.31. The number of hydrogen-bond donors (Lipinski definition) is 0. The summed E-state index contributed by atoms with van der Waals surface area (Å²) in [4.78, 5) is 44.1. The fourth-order valence-corrected chi connectivity index (χ4v) is 4.90. The van der Waals surface area contributed by atoms with Crippen LogP contribution in [-0.2, 0) is 16.1 Å². The van der Waals surface area contributed by atoms with Crippen LogP contribution in [0.15, 0.2) is 42.5 Å². The summed E-state index contributed by atoms with van der Waals surface area (Å²) in [5, 5.41) is 0. The van der Waals surface area contributed by atoms with E-state index < -0.39 is 25.5 Å². The fraction of sp³-hybridized carbons (Fsp3) is 0.483. The van der Waals surface area contributed by atoms with Crippen molar-refractivity contribution in [1.29, 1.82) is 0 Å². The minimum Gasteiger partial charge on any atom is -0.485 e. The van der Waals surface area contributed by atoms with Crippen LogP contribution in [0.1, 0.15) is 37.8 Å². The summed E-state index contributed by atoms with van der Waals surface area (Å²) in [6.45, 7) is 6.73. The standard InChI is InChI=1S/C29H38F2N4O4/c1-4-33(5-2)25-8-6-7-23(16-25)19-34(21-37)29(38)35(24-11-13-32(20-36)14-12-24)28-10-9-26(15-22(28)3)39-27(17-30)18-31/h6-10,15-16,20-21,24,27H,4-5,11-14,17-19H2,1-3H3. The van der Waals surface area contributed by atoms with Crippen LogP contribution in [-0.4, -0.2) is 80.3 Å². The Hall–Kier alpha value is -3.69. The van der Waals surface area contributed by atoms with Crippen LogP contribution in [0.3, 0.4) is 0 Å². The molecular formula is C29H38F2N4O4. The van der Waals surface area contributed by atoms with Crippen LogP contribution in [0.25, 0.3) is 0 Å². The zero-order valence-electron chi connectivity index (χ0n) is 22.9. The molecule has 0 atom stereocenters. The predicted molar refractivity (Wildman–Crippen MR) is 148 cm³/mol. The number of nitrogens with zero attached hydrogens (tertiary/aromatic N) is 4. The van der Waals surface area contributed by atoms with Gasteiger partial charge in [0, 0.05) is 43.6 Å². The molecule has 1 heterocycles. The van der Waals surface area contributed by atoms with Crippen molar-refractivity contribution in [2.75, 3.05) is 49.3 Å². The van der Waals surface area contributed by atoms with Gasteiger partial charge in [-0.15, -0.1) is 0 Å². The smallest absolute Gasteiger partial charge is 0.331 e. The van der Waals surface area contributed by atoms with E-state index in [4.69, 9.17) is 4.74 Å². The van der Waals surface area contributed by atoms with E-state index in [2.05, 4.69) is 18.7 Å². The van der Waals surface area contributed by atoms with Gasteiger partial charge in [0.05, 0.1) is 6.54 Å². The molecule has 39 heavy (non-hydrogen) atoms. The van der Waals surface area contributed by atoms with Gasteiger partial charge in [0.1, 0.15) is 19.1 Å². The molecule has 0 aliphatic carbocycles. The van der Waals surface area contributed by atoms with Gasteiger partial charge >= 0.3 is 6.03 Å². The summed E-state index contributed by atoms with van der Waals surface area (Å²) in [7, 11) is 0. The van der Waals surface area contributed by atoms with Gasteiger partial charge in [-0.05, 0) is 75.1 Å². The van der Waals surface area contributed by atoms with Crippen molar-refractivity contribution in [1.82, 2.24) is 9.80 Å². The number of aryl methyl sites for hydroxylation is 1. The molecule has 1 fully saturated rings. The molecule has 212 valence electrons. The van der Waals surface area contributed by atoms with Gasteiger partial charge in [0.25, 0.3) is 0 Å². The summed E-state index contributed by atoms with van der Waals surface area (Å²) in [5.74, 6) is 0.292. The lowest BCUT2D eigenvalue weighted by Gasteiger charge is -2.39. The molecule has 4 amide bonds. The third kappa shape index (κ3) is 7.46. The van der Waals surface area contributed by atoms with Crippen molar-refractivity contribution in [2.45, 2.75) is 52.3 Å². The Labute approximate surface area is 229 Å². The number of rotatable bonds is 13. The van der Waals surface area contributed by atoms with E-state index in [9.17, 15) is 23.2 Å². The lowest BCUT2D eigenvalue weighted by Crippen LogP contribution is -2.52. The molecule has 0 spiro atoms. The summed E-state index contributed by atoms with van der Waals surface area (Å²) >= 11 is 0. The number of urea groups is 1. The molecular weight excluding hydrogens is 506 g/mol. The molecule has 0 radical (unpaired) electrons. The van der Waals surface area contributed by atoms with Crippen LogP contribution in [0.5, 0.6) is 5.75 Å². The molecule has 0 aromatic heterocycles. The van der Waals surface area contributed by atoms with Gasteiger partial charge in [0.15, 0.2) is 6.10 Å². The van der Waals surface area contributed by atoms with Crippen molar-refractivity contribution >= 4 is 30.2 Å². The maximum atomic E-state index is 14.0. The van der Waals surface area contributed by atoms with Crippen LogP contribution >= 0.6 is 0 Å². The van der Waals surface area contributed by atoms with E-state index in [-0.39, 0.29) is 12.6 Å². The Kier molecular flexibility index (Phi) is 11.1. The molecule has 1 aliphatic rings. The lowest BCUT2D eigenvalue weighted by molar-refractivity contribution is -0.119. The van der Waals surface area contributed by atoms with Gasteiger partial charge < -0.3 is 14.5 Å². The zero-order valence-corrected chi connectivity index (χ0v) is 22.9. The molecule has 0 unspecified atom stereocenters. The first-order valence-electron chi connectivity index (χ1n) is 13.4. The Bertz CT molecular complexity index is 1100. The summed E-state index contributed by atoms with van der Waals surface area (Å²) in [6, 6.07) is 11.9. The molecule has 2 aromatic rings. The van der Waals surface area contributed by atoms with Gasteiger partial charge in [-0.2, -0.15) is 0 Å². The number of carbonyl (C=O) groups is 3. The number of ether oxygens (including phenoxy) is 1. The molecule has 0 bridgehead atoms. The Morgan fingerprint density at radius 2 is 1.77 bits per heavy atom. The van der Waals surface area contributed by atoms with E-state index in [1.54, 1.807) is 34.9 Å². The zero-order chi connectivity index (χ0) is 28.4. The number of halogens is 2. The molecule has 3 rings (SSSR count). The largest absolute Gasteiger partial charge is 0.485 e. The second-order valence-corrected chi connectivity index (χ2v) is 9.60. The minimum atomic E-state index is -1.20. The molecule has 1 saturated heterocycles. The number of hydrogen-bond acceptors (Lipinski definition) is 5. The lowest BCUT2D eigenvalue weighted by atomic mass is 10.0. The number of benzene rings is 2. The maximum absolute atomic E-state index is 14.0. The third-order valence-electron chi connectivity index (χ3n) is 7.06. The highest BCUT2D eigenvalue weighted by Gasteiger charge is 2.33. The van der Waals surface area contributed by atoms with Crippen molar-refractivity contribution in [3.8, 4) is 5.75 Å². The average molecular weight is 545 g/mol. The first kappa shape index (κ1) is 29.9. The highest BCUT2D eigenvalue weighted by molar-refractivity contribution is 5.98. The Balaban J connectivity index is 1.92. The number of anilines is 2. The van der Waals surface area contributed by atoms with Gasteiger partial charge in [-0.3, -0.25) is 19.4 Å². The highest BCUT2D eigenvalue weighted by atomic mass is 19.1. The van der Waals surface area contributed by atoms with E-state index in [0.717, 1.165) is 35.7 Å². The number of likely N-dealkylation sites (tertiary alicyclic amines) is 1. The van der Waals surface area contributed by atoms with Crippen molar-refractivity contribution in [3.05, 3.63) is 53.6 Å². The van der Waals surface area contributed by atoms with Crippen LogP contribution in [0.4, 0.5) is 25.0 Å². The third-order valence-corrected chi connectivity index (χ3v) is 7.06. The van der Waals surface area contributed by atoms with Crippen molar-refractivity contribution in [3.63, 3.8) is 0 Å². The number of carbonyl (C=O) groups excluding carboxylic acids is 3. The van der Waals surface area contributed by atoms with Gasteiger partial charge in [-0.25, -0.2) is 13.6 Å². The number of piperidine rings is 1. The molecule has 8 nitrogen and oxygen atoms in total. The van der Waals surface area contributed by atoms with Crippen molar-refractivity contribution < 1.29 is 27.9 Å². The Morgan fingerprint density at radius 3 is 2.33 bits per heavy atom. The van der Waals surface area contributed by atoms with Gasteiger partial charge in [-0.1, -0.05) is 12.1 Å². The van der Waals surface area contributed by atoms with E-state index >= 15 is 0 Å². The van der Waals surface area contributed by atoms with E-state index in [1.807, 2.05) is 24.3 Å². The van der Waals surface area contributed by atoms with E-state index in [0.29, 0.717) is 49.3 Å². The molecule has 10 heteroatoms. The van der Waals surface area contributed by atoms with Gasteiger partial charge in [0.2, 0.25) is 12.8 Å². The Morgan fingerprint density at radius 1 is 1.08 bits per heavy atom. The minimum absolute atomic E-state index is 0.0933. The monoisotopic (exact) mass is 544 g/mol. The predicted octanol–water partition coefficient (Wildman–Crippen LogP) is 4.73. The summed E-state index contributed by atoms with van der Waals surface area (Å²) in [6.07, 6.45) is 1.22. The topological polar surface area (TPSA) is 73.4 Å². The number of imide groups is 1. The van der Waals surface area contributed by atoms with Crippen LogP contribution in [0.2, 0.25) is 0 Å². The second kappa shape index (κ2) is 14.5. The van der Waals surface area contributed by atoms with E-state index in [1.165, 1.54) is 0 Å². The number of alkyl halides is 2. The SMILES string of the molecule is CCN(CC)c1cccc(CN(C=O)C(=O)N(c2ccc(OC(CF)CF)cc2C)C2CCN(C=O)CC2)c1. The summed E-state index contributed by atoms with van der Waals surface area (Å²) < 4.78 is 31.4. The summed E-state index contributed by atoms with van der Waals surface area (Å²) in [5.41, 5.74) is 3.06. The molecule has 0 N–H and O–H groups in total. The van der Waals surface area contributed by atoms with Crippen molar-refractivity contribution in [2.24, 2.45) is 0 Å². The molecule has 1 aliphatic heterocycles. The number of amides is 4. The first-order valence-corrected chi connectivity index (χ1v) is 13.4. The maximum Gasteiger partial charge on any atom is 0.331 e.